The Morgan fingerprint density at radius 1 is 1.22 bits per heavy atom. The van der Waals surface area contributed by atoms with Crippen molar-refractivity contribution in [1.82, 2.24) is 29.6 Å². The number of rotatable bonds is 5. The Labute approximate surface area is 212 Å². The quantitative estimate of drug-likeness (QED) is 0.548. The van der Waals surface area contributed by atoms with Gasteiger partial charge >= 0.3 is 6.55 Å². The van der Waals surface area contributed by atoms with Gasteiger partial charge in [0.15, 0.2) is 5.82 Å². The lowest BCUT2D eigenvalue weighted by Gasteiger charge is -2.36. The van der Waals surface area contributed by atoms with Crippen LogP contribution in [0.5, 0.6) is 5.88 Å². The molecule has 1 spiro atoms. The summed E-state index contributed by atoms with van der Waals surface area (Å²) in [6.07, 6.45) is 3.26. The van der Waals surface area contributed by atoms with Gasteiger partial charge in [-0.3, -0.25) is 4.79 Å². The molecule has 1 amide bonds. The molecule has 1 saturated heterocycles. The van der Waals surface area contributed by atoms with Crippen LogP contribution in [0.2, 0.25) is 0 Å². The minimum Gasteiger partial charge on any atom is -0.481 e. The normalized spacial score (nSPS) is 19.7. The second-order valence-corrected chi connectivity index (χ2v) is 9.72. The summed E-state index contributed by atoms with van der Waals surface area (Å²) in [7, 11) is 1.44. The topological polar surface area (TPSA) is 98.1 Å². The van der Waals surface area contributed by atoms with Crippen LogP contribution in [0.3, 0.4) is 0 Å². The molecule has 2 atom stereocenters. The Hall–Kier alpha value is -3.70. The Bertz CT molecular complexity index is 1360. The Kier molecular flexibility index (Phi) is 6.28. The molecule has 196 valence electrons. The second kappa shape index (κ2) is 9.31. The molecule has 0 aromatic carbocycles. The van der Waals surface area contributed by atoms with Gasteiger partial charge in [-0.25, -0.2) is 19.3 Å². The van der Waals surface area contributed by atoms with Gasteiger partial charge in [0, 0.05) is 30.3 Å². The zero-order chi connectivity index (χ0) is 26.5. The van der Waals surface area contributed by atoms with Crippen LogP contribution < -0.4 is 10.1 Å². The number of pyridine rings is 2. The summed E-state index contributed by atoms with van der Waals surface area (Å²) in [5.74, 6) is -0.0657. The molecular formula is C25H28F3N7O2. The van der Waals surface area contributed by atoms with Crippen molar-refractivity contribution in [2.24, 2.45) is 0 Å². The molecule has 12 heteroatoms. The fourth-order valence-corrected chi connectivity index (χ4v) is 5.21. The van der Waals surface area contributed by atoms with Crippen molar-refractivity contribution in [2.45, 2.75) is 58.0 Å². The number of likely N-dealkylation sites (tertiary alicyclic amines) is 1. The molecule has 0 aliphatic carbocycles. The zero-order valence-electron chi connectivity index (χ0n) is 21.1. The van der Waals surface area contributed by atoms with Gasteiger partial charge in [0.25, 0.3) is 0 Å². The number of carbonyl (C=O) groups excluding carboxylic acids is 1. The van der Waals surface area contributed by atoms with Crippen LogP contribution in [-0.2, 0) is 11.2 Å². The lowest BCUT2D eigenvalue weighted by Crippen LogP contribution is -2.46. The SMILES string of the molecule is COc1cc([C@@H](C)C(=O)N2CC[C@@]3(CCc4cc(-c5nc(C)n(C(F)F)n5)c(C)nc4N3)C2)c(F)cn1. The Balaban J connectivity index is 1.33. The first-order valence-electron chi connectivity index (χ1n) is 12.1. The third kappa shape index (κ3) is 4.49. The first-order valence-corrected chi connectivity index (χ1v) is 12.1. The van der Waals surface area contributed by atoms with Crippen LogP contribution in [0.4, 0.5) is 19.0 Å². The van der Waals surface area contributed by atoms with Crippen LogP contribution in [0, 0.1) is 19.7 Å². The molecule has 37 heavy (non-hydrogen) atoms. The molecule has 9 nitrogen and oxygen atoms in total. The number of amides is 1. The number of ether oxygens (including phenoxy) is 1. The van der Waals surface area contributed by atoms with E-state index in [0.29, 0.717) is 41.3 Å². The maximum Gasteiger partial charge on any atom is 0.334 e. The number of halogens is 3. The maximum absolute atomic E-state index is 14.4. The highest BCUT2D eigenvalue weighted by Crippen LogP contribution is 2.39. The minimum atomic E-state index is -2.76. The van der Waals surface area contributed by atoms with Gasteiger partial charge in [0.05, 0.1) is 30.5 Å². The monoisotopic (exact) mass is 515 g/mol. The van der Waals surface area contributed by atoms with Crippen molar-refractivity contribution in [1.29, 1.82) is 0 Å². The van der Waals surface area contributed by atoms with Crippen molar-refractivity contribution in [3.63, 3.8) is 0 Å². The van der Waals surface area contributed by atoms with E-state index in [-0.39, 0.29) is 34.5 Å². The summed E-state index contributed by atoms with van der Waals surface area (Å²) in [5.41, 5.74) is 2.09. The van der Waals surface area contributed by atoms with Gasteiger partial charge in [0.1, 0.15) is 17.5 Å². The van der Waals surface area contributed by atoms with Gasteiger partial charge in [-0.05, 0) is 51.7 Å². The highest BCUT2D eigenvalue weighted by molar-refractivity contribution is 5.84. The van der Waals surface area contributed by atoms with Crippen molar-refractivity contribution >= 4 is 11.7 Å². The highest BCUT2D eigenvalue weighted by Gasteiger charge is 2.43. The number of hydrogen-bond donors (Lipinski definition) is 1. The first-order chi connectivity index (χ1) is 17.6. The summed E-state index contributed by atoms with van der Waals surface area (Å²) in [4.78, 5) is 27.8. The molecule has 3 aromatic rings. The van der Waals surface area contributed by atoms with Crippen LogP contribution >= 0.6 is 0 Å². The predicted molar refractivity (Wildman–Crippen MR) is 129 cm³/mol. The van der Waals surface area contributed by atoms with Crippen molar-refractivity contribution in [3.05, 3.63) is 46.8 Å². The molecule has 5 rings (SSSR count). The number of alkyl halides is 2. The lowest BCUT2D eigenvalue weighted by atomic mass is 9.86. The van der Waals surface area contributed by atoms with Crippen LogP contribution in [0.1, 0.15) is 54.9 Å². The number of anilines is 1. The van der Waals surface area contributed by atoms with Gasteiger partial charge < -0.3 is 15.0 Å². The third-order valence-electron chi connectivity index (χ3n) is 7.35. The second-order valence-electron chi connectivity index (χ2n) is 9.72. The zero-order valence-corrected chi connectivity index (χ0v) is 21.1. The number of nitrogens with one attached hydrogen (secondary N) is 1. The molecule has 0 bridgehead atoms. The van der Waals surface area contributed by atoms with Gasteiger partial charge in [-0.15, -0.1) is 5.10 Å². The first kappa shape index (κ1) is 25.0. The molecule has 0 saturated carbocycles. The number of hydrogen-bond acceptors (Lipinski definition) is 7. The fraction of sp³-hybridized carbons (Fsp3) is 0.480. The van der Waals surface area contributed by atoms with Crippen molar-refractivity contribution in [3.8, 4) is 17.3 Å². The number of aryl methyl sites for hydroxylation is 3. The van der Waals surface area contributed by atoms with E-state index in [1.165, 1.54) is 20.1 Å². The molecule has 1 fully saturated rings. The highest BCUT2D eigenvalue weighted by atomic mass is 19.3. The van der Waals surface area contributed by atoms with Gasteiger partial charge in [-0.2, -0.15) is 13.5 Å². The minimum absolute atomic E-state index is 0.134. The molecule has 0 unspecified atom stereocenters. The Morgan fingerprint density at radius 2 is 2.00 bits per heavy atom. The molecule has 3 aromatic heterocycles. The maximum atomic E-state index is 14.4. The average molecular weight is 516 g/mol. The van der Waals surface area contributed by atoms with E-state index < -0.39 is 18.3 Å². The smallest absolute Gasteiger partial charge is 0.334 e. The summed E-state index contributed by atoms with van der Waals surface area (Å²) in [5, 5.41) is 7.51. The number of nitrogens with zero attached hydrogens (tertiary/aromatic N) is 6. The number of aromatic nitrogens is 5. The van der Waals surface area contributed by atoms with E-state index in [4.69, 9.17) is 9.72 Å². The van der Waals surface area contributed by atoms with E-state index in [1.807, 2.05) is 6.07 Å². The van der Waals surface area contributed by atoms with Crippen molar-refractivity contribution < 1.29 is 22.7 Å². The molecule has 0 radical (unpaired) electrons. The number of fused-ring (bicyclic) bond motifs is 1. The predicted octanol–water partition coefficient (Wildman–Crippen LogP) is 4.03. The molecule has 5 heterocycles. The summed E-state index contributed by atoms with van der Waals surface area (Å²) in [6.45, 7) is 3.22. The summed E-state index contributed by atoms with van der Waals surface area (Å²) < 4.78 is 46.4. The number of carbonyl (C=O) groups is 1. The summed E-state index contributed by atoms with van der Waals surface area (Å²) >= 11 is 0. The number of methoxy groups -OCH3 is 1. The van der Waals surface area contributed by atoms with Crippen LogP contribution in [0.25, 0.3) is 11.4 Å². The van der Waals surface area contributed by atoms with E-state index in [1.54, 1.807) is 18.7 Å². The van der Waals surface area contributed by atoms with Crippen LogP contribution in [-0.4, -0.2) is 61.3 Å². The average Bonchev–Trinajstić information content (AvgIpc) is 3.46. The van der Waals surface area contributed by atoms with E-state index in [0.717, 1.165) is 24.6 Å². The Morgan fingerprint density at radius 3 is 2.70 bits per heavy atom. The van der Waals surface area contributed by atoms with Gasteiger partial charge in [0.2, 0.25) is 11.8 Å². The lowest BCUT2D eigenvalue weighted by molar-refractivity contribution is -0.131. The van der Waals surface area contributed by atoms with E-state index in [2.05, 4.69) is 20.4 Å². The molecule has 2 aliphatic heterocycles. The molecular weight excluding hydrogens is 487 g/mol. The largest absolute Gasteiger partial charge is 0.481 e. The van der Waals surface area contributed by atoms with E-state index in [9.17, 15) is 18.0 Å². The van der Waals surface area contributed by atoms with Gasteiger partial charge in [-0.1, -0.05) is 0 Å². The van der Waals surface area contributed by atoms with Crippen molar-refractivity contribution in [2.75, 3.05) is 25.5 Å². The third-order valence-corrected chi connectivity index (χ3v) is 7.35. The van der Waals surface area contributed by atoms with E-state index >= 15 is 0 Å². The van der Waals surface area contributed by atoms with Crippen LogP contribution in [0.15, 0.2) is 18.3 Å². The molecule has 2 aliphatic rings. The molecule has 1 N–H and O–H groups in total. The fourth-order valence-electron chi connectivity index (χ4n) is 5.21. The summed E-state index contributed by atoms with van der Waals surface area (Å²) in [6, 6.07) is 3.37. The standard InChI is InChI=1S/C25H28F3N7O2/c1-13(17-10-20(37-4)29-11-19(17)26)23(36)34-8-7-25(12-34)6-5-16-9-18(14(2)30-21(16)32-25)22-31-15(3)35(33-22)24(27)28/h9-11,13,24H,5-8,12H2,1-4H3,(H,30,32)/t13-,25+/m1/s1.